The molecule has 0 aromatic heterocycles. The monoisotopic (exact) mass is 938 g/mol. The summed E-state index contributed by atoms with van der Waals surface area (Å²) in [7, 11) is 4.25. The molecule has 5 heteroatoms. The molecule has 0 saturated heterocycles. The van der Waals surface area contributed by atoms with Crippen molar-refractivity contribution in [2.24, 2.45) is 0 Å². The van der Waals surface area contributed by atoms with Crippen LogP contribution in [0.25, 0.3) is 0 Å². The van der Waals surface area contributed by atoms with Crippen LogP contribution in [0.3, 0.4) is 0 Å². The summed E-state index contributed by atoms with van der Waals surface area (Å²) in [5.41, 5.74) is 0. The molecule has 0 rings (SSSR count). The molecule has 0 aromatic rings. The highest BCUT2D eigenvalue weighted by molar-refractivity contribution is 4.94. The zero-order valence-electron chi connectivity index (χ0n) is 45.6. The Labute approximate surface area is 419 Å². The lowest BCUT2D eigenvalue weighted by molar-refractivity contribution is -0.0846. The molecular weight excluding hydrogens is 823 g/mol. The van der Waals surface area contributed by atoms with Crippen LogP contribution < -0.4 is 0 Å². The zero-order chi connectivity index (χ0) is 48.5. The molecule has 0 aliphatic heterocycles. The minimum absolute atomic E-state index is 0.0322. The Morgan fingerprint density at radius 3 is 0.940 bits per heavy atom. The van der Waals surface area contributed by atoms with Crippen LogP contribution in [0.1, 0.15) is 252 Å². The van der Waals surface area contributed by atoms with Gasteiger partial charge in [0.1, 0.15) is 6.10 Å². The molecule has 0 spiro atoms. The van der Waals surface area contributed by atoms with E-state index in [0.717, 1.165) is 64.9 Å². The van der Waals surface area contributed by atoms with Crippen LogP contribution in [-0.2, 0) is 18.9 Å². The van der Waals surface area contributed by atoms with Crippen molar-refractivity contribution in [3.63, 3.8) is 0 Å². The van der Waals surface area contributed by atoms with E-state index in [1.54, 1.807) is 0 Å². The van der Waals surface area contributed by atoms with Gasteiger partial charge in [-0.25, -0.2) is 0 Å². The van der Waals surface area contributed by atoms with E-state index in [-0.39, 0.29) is 12.2 Å². The molecule has 0 N–H and O–H groups in total. The SMILES string of the molecule is CCCCC/C=C\C/C=C\CCCCCCCCOCC(COCC(CN(C)C)OCCCCCCCC/C=C\C/C=C\CCCCC)OCCCCCCCC/C=C\C/C=C\CCCCC. The maximum Gasteiger partial charge on any atom is 0.104 e. The number of hydrogen-bond donors (Lipinski definition) is 0. The molecule has 0 aliphatic rings. The number of allylic oxidation sites excluding steroid dienone is 12. The average molecular weight is 939 g/mol. The first-order valence-electron chi connectivity index (χ1n) is 29.1. The van der Waals surface area contributed by atoms with Crippen molar-refractivity contribution in [2.45, 2.75) is 264 Å². The molecule has 0 radical (unpaired) electrons. The molecule has 5 nitrogen and oxygen atoms in total. The van der Waals surface area contributed by atoms with E-state index >= 15 is 0 Å². The lowest BCUT2D eigenvalue weighted by Gasteiger charge is -2.24. The number of likely N-dealkylation sites (N-methyl/N-ethyl adjacent to an activating group) is 1. The van der Waals surface area contributed by atoms with Crippen LogP contribution in [0, 0.1) is 0 Å². The normalized spacial score (nSPS) is 13.5. The van der Waals surface area contributed by atoms with Crippen molar-refractivity contribution in [2.75, 3.05) is 60.3 Å². The van der Waals surface area contributed by atoms with Crippen molar-refractivity contribution < 1.29 is 18.9 Å². The number of ether oxygens (including phenoxy) is 4. The summed E-state index contributed by atoms with van der Waals surface area (Å²) in [5, 5.41) is 0. The Bertz CT molecular complexity index is 1110. The molecule has 67 heavy (non-hydrogen) atoms. The number of nitrogens with zero attached hydrogens (tertiary/aromatic N) is 1. The van der Waals surface area contributed by atoms with Crippen molar-refractivity contribution >= 4 is 0 Å². The van der Waals surface area contributed by atoms with Gasteiger partial charge in [-0.2, -0.15) is 0 Å². The smallest absolute Gasteiger partial charge is 0.104 e. The van der Waals surface area contributed by atoms with E-state index in [0.29, 0.717) is 19.8 Å². The molecule has 0 bridgehead atoms. The van der Waals surface area contributed by atoms with Crippen LogP contribution in [0.4, 0.5) is 0 Å². The molecule has 2 atom stereocenters. The molecule has 0 aliphatic carbocycles. The van der Waals surface area contributed by atoms with E-state index in [1.807, 2.05) is 0 Å². The maximum absolute atomic E-state index is 6.42. The third kappa shape index (κ3) is 56.7. The summed E-state index contributed by atoms with van der Waals surface area (Å²) in [6, 6.07) is 0. The third-order valence-corrected chi connectivity index (χ3v) is 12.4. The molecule has 392 valence electrons. The quantitative estimate of drug-likeness (QED) is 0.0449. The van der Waals surface area contributed by atoms with Crippen LogP contribution >= 0.6 is 0 Å². The van der Waals surface area contributed by atoms with Gasteiger partial charge in [-0.15, -0.1) is 0 Å². The van der Waals surface area contributed by atoms with Gasteiger partial charge < -0.3 is 23.8 Å². The van der Waals surface area contributed by atoms with Crippen molar-refractivity contribution in [1.82, 2.24) is 4.90 Å². The van der Waals surface area contributed by atoms with Crippen LogP contribution in [0.5, 0.6) is 0 Å². The molecule has 0 aromatic carbocycles. The van der Waals surface area contributed by atoms with Crippen LogP contribution in [-0.4, -0.2) is 77.4 Å². The summed E-state index contributed by atoms with van der Waals surface area (Å²) in [5.74, 6) is 0. The Kier molecular flexibility index (Phi) is 57.0. The summed E-state index contributed by atoms with van der Waals surface area (Å²) in [4.78, 5) is 2.21. The van der Waals surface area contributed by atoms with Crippen molar-refractivity contribution in [1.29, 1.82) is 0 Å². The molecule has 0 amide bonds. The first-order valence-corrected chi connectivity index (χ1v) is 29.1. The average Bonchev–Trinajstić information content (AvgIpc) is 3.32. The lowest BCUT2D eigenvalue weighted by Crippen LogP contribution is -2.34. The van der Waals surface area contributed by atoms with Gasteiger partial charge in [0.15, 0.2) is 0 Å². The number of hydrogen-bond acceptors (Lipinski definition) is 5. The van der Waals surface area contributed by atoms with E-state index in [2.05, 4.69) is 113 Å². The summed E-state index contributed by atoms with van der Waals surface area (Å²) >= 11 is 0. The first kappa shape index (κ1) is 65.2. The maximum atomic E-state index is 6.42. The summed E-state index contributed by atoms with van der Waals surface area (Å²) < 4.78 is 25.4. The van der Waals surface area contributed by atoms with E-state index in [1.165, 1.54) is 193 Å². The van der Waals surface area contributed by atoms with Crippen molar-refractivity contribution in [3.8, 4) is 0 Å². The molecule has 0 saturated carbocycles. The van der Waals surface area contributed by atoms with Crippen LogP contribution in [0.15, 0.2) is 72.9 Å². The predicted octanol–water partition coefficient (Wildman–Crippen LogP) is 18.8. The summed E-state index contributed by atoms with van der Waals surface area (Å²) in [6.07, 6.45) is 73.5. The second kappa shape index (κ2) is 58.6. The lowest BCUT2D eigenvalue weighted by atomic mass is 10.1. The van der Waals surface area contributed by atoms with Gasteiger partial charge in [0.2, 0.25) is 0 Å². The first-order chi connectivity index (χ1) is 33.1. The molecular formula is C62H115NO4. The topological polar surface area (TPSA) is 40.2 Å². The van der Waals surface area contributed by atoms with Gasteiger partial charge in [0, 0.05) is 26.4 Å². The number of unbranched alkanes of at least 4 members (excludes halogenated alkanes) is 27. The van der Waals surface area contributed by atoms with Gasteiger partial charge in [-0.05, 0) is 130 Å². The largest absolute Gasteiger partial charge is 0.379 e. The Hall–Kier alpha value is -1.76. The van der Waals surface area contributed by atoms with Gasteiger partial charge in [0.05, 0.1) is 25.9 Å². The molecule has 0 heterocycles. The Morgan fingerprint density at radius 1 is 0.299 bits per heavy atom. The van der Waals surface area contributed by atoms with Crippen molar-refractivity contribution in [3.05, 3.63) is 72.9 Å². The fourth-order valence-corrected chi connectivity index (χ4v) is 8.12. The van der Waals surface area contributed by atoms with E-state index < -0.39 is 0 Å². The second-order valence-corrected chi connectivity index (χ2v) is 19.6. The Balaban J connectivity index is 4.46. The molecule has 0 fully saturated rings. The molecule has 2 unspecified atom stereocenters. The standard InChI is InChI=1S/C62H115NO4/c1-6-9-12-15-18-21-24-27-30-33-36-39-42-45-48-51-54-64-59-62(67-56-53-50-47-44-41-38-35-32-29-26-23-20-17-14-11-8-3)60-65-58-61(57-63(4)5)66-55-52-49-46-43-40-37-34-31-28-25-22-19-16-13-10-7-2/h18-23,27-32,61-62H,6-17,24-26,33-60H2,1-5H3/b21-18-,22-19-,23-20-,30-27-,31-28-,32-29-. The Morgan fingerprint density at radius 2 is 0.582 bits per heavy atom. The second-order valence-electron chi connectivity index (χ2n) is 19.6. The highest BCUT2D eigenvalue weighted by Gasteiger charge is 2.15. The van der Waals surface area contributed by atoms with E-state index in [9.17, 15) is 0 Å². The van der Waals surface area contributed by atoms with Gasteiger partial charge in [0.25, 0.3) is 0 Å². The van der Waals surface area contributed by atoms with Crippen LogP contribution in [0.2, 0.25) is 0 Å². The highest BCUT2D eigenvalue weighted by atomic mass is 16.6. The van der Waals surface area contributed by atoms with Gasteiger partial charge in [-0.3, -0.25) is 0 Å². The zero-order valence-corrected chi connectivity index (χ0v) is 45.6. The van der Waals surface area contributed by atoms with Gasteiger partial charge >= 0.3 is 0 Å². The minimum Gasteiger partial charge on any atom is -0.379 e. The minimum atomic E-state index is -0.0322. The fraction of sp³-hybridized carbons (Fsp3) is 0.806. The summed E-state index contributed by atoms with van der Waals surface area (Å²) in [6.45, 7) is 11.8. The highest BCUT2D eigenvalue weighted by Crippen LogP contribution is 2.13. The van der Waals surface area contributed by atoms with E-state index in [4.69, 9.17) is 18.9 Å². The fourth-order valence-electron chi connectivity index (χ4n) is 8.12. The predicted molar refractivity (Wildman–Crippen MR) is 298 cm³/mol. The third-order valence-electron chi connectivity index (χ3n) is 12.4. The van der Waals surface area contributed by atoms with Gasteiger partial charge in [-0.1, -0.05) is 209 Å². The number of rotatable bonds is 55.